The van der Waals surface area contributed by atoms with Gasteiger partial charge in [-0.3, -0.25) is 0 Å². The smallest absolute Gasteiger partial charge is 0.0845 e. The second-order valence-corrected chi connectivity index (χ2v) is 12.0. The van der Waals surface area contributed by atoms with Crippen LogP contribution in [-0.4, -0.2) is 45.3 Å². The summed E-state index contributed by atoms with van der Waals surface area (Å²) < 4.78 is 6.33. The van der Waals surface area contributed by atoms with Gasteiger partial charge in [0, 0.05) is 11.8 Å². The second-order valence-electron chi connectivity index (χ2n) is 12.0. The molecule has 0 aromatic carbocycles. The molecule has 4 nitrogen and oxygen atoms in total. The van der Waals surface area contributed by atoms with E-state index in [1.165, 1.54) is 16.7 Å². The lowest BCUT2D eigenvalue weighted by molar-refractivity contribution is -0.0523. The molecule has 0 radical (unpaired) electrons. The fourth-order valence-corrected chi connectivity index (χ4v) is 7.24. The summed E-state index contributed by atoms with van der Waals surface area (Å²) in [6.07, 6.45) is 14.0. The van der Waals surface area contributed by atoms with Gasteiger partial charge in [-0.15, -0.1) is 0 Å². The number of hydrogen-bond acceptors (Lipinski definition) is 4. The van der Waals surface area contributed by atoms with E-state index in [2.05, 4.69) is 45.9 Å². The Morgan fingerprint density at radius 2 is 1.84 bits per heavy atom. The highest BCUT2D eigenvalue weighted by atomic mass is 16.5. The van der Waals surface area contributed by atoms with Gasteiger partial charge in [0.25, 0.3) is 0 Å². The predicted octanol–water partition coefficient (Wildman–Crippen LogP) is 4.86. The Morgan fingerprint density at radius 1 is 1.12 bits per heavy atom. The predicted molar refractivity (Wildman–Crippen MR) is 128 cm³/mol. The summed E-state index contributed by atoms with van der Waals surface area (Å²) in [6, 6.07) is 0. The highest BCUT2D eigenvalue weighted by Crippen LogP contribution is 2.64. The number of aliphatic hydroxyl groups is 3. The van der Waals surface area contributed by atoms with E-state index >= 15 is 0 Å². The maximum absolute atomic E-state index is 11.1. The van der Waals surface area contributed by atoms with Gasteiger partial charge in [0.15, 0.2) is 0 Å². The van der Waals surface area contributed by atoms with Gasteiger partial charge in [0.1, 0.15) is 0 Å². The molecule has 2 saturated carbocycles. The maximum atomic E-state index is 11.1. The van der Waals surface area contributed by atoms with Gasteiger partial charge in [0.2, 0.25) is 0 Å². The molecular formula is C28H42O4. The minimum atomic E-state index is -0.828. The quantitative estimate of drug-likeness (QED) is 0.532. The van der Waals surface area contributed by atoms with E-state index in [1.54, 1.807) is 19.9 Å². The molecule has 4 aliphatic carbocycles. The molecule has 4 heteroatoms. The van der Waals surface area contributed by atoms with Crippen molar-refractivity contribution in [2.45, 2.75) is 97.1 Å². The molecule has 6 atom stereocenters. The number of fused-ring (bicyclic) bond motifs is 5. The van der Waals surface area contributed by atoms with Gasteiger partial charge >= 0.3 is 0 Å². The van der Waals surface area contributed by atoms with Gasteiger partial charge < -0.3 is 20.1 Å². The molecule has 178 valence electrons. The third-order valence-electron chi connectivity index (χ3n) is 8.95. The lowest BCUT2D eigenvalue weighted by Crippen LogP contribution is -2.52. The summed E-state index contributed by atoms with van der Waals surface area (Å²) in [7, 11) is 0. The van der Waals surface area contributed by atoms with Crippen LogP contribution in [0.3, 0.4) is 0 Å². The van der Waals surface area contributed by atoms with Crippen molar-refractivity contribution in [3.63, 3.8) is 0 Å². The minimum absolute atomic E-state index is 0.0482. The third kappa shape index (κ3) is 3.87. The number of ether oxygens (including phenoxy) is 1. The molecule has 0 aromatic rings. The van der Waals surface area contributed by atoms with Crippen molar-refractivity contribution < 1.29 is 20.1 Å². The van der Waals surface area contributed by atoms with Gasteiger partial charge in [0.05, 0.1) is 30.0 Å². The number of hydrogen-bond donors (Lipinski definition) is 3. The van der Waals surface area contributed by atoms with E-state index < -0.39 is 17.8 Å². The monoisotopic (exact) mass is 442 g/mol. The summed E-state index contributed by atoms with van der Waals surface area (Å²) >= 11 is 0. The van der Waals surface area contributed by atoms with E-state index in [1.807, 2.05) is 6.08 Å². The van der Waals surface area contributed by atoms with E-state index in [0.717, 1.165) is 19.3 Å². The number of aliphatic hydroxyl groups excluding tert-OH is 2. The van der Waals surface area contributed by atoms with Crippen molar-refractivity contribution in [1.29, 1.82) is 0 Å². The normalized spacial score (nSPS) is 39.7. The molecule has 0 aromatic heterocycles. The van der Waals surface area contributed by atoms with Crippen LogP contribution < -0.4 is 0 Å². The molecule has 4 rings (SSSR count). The highest BCUT2D eigenvalue weighted by molar-refractivity contribution is 5.44. The fourth-order valence-electron chi connectivity index (χ4n) is 7.24. The van der Waals surface area contributed by atoms with Gasteiger partial charge in [-0.25, -0.2) is 0 Å². The van der Waals surface area contributed by atoms with Crippen LogP contribution in [0.2, 0.25) is 0 Å². The first-order valence-electron chi connectivity index (χ1n) is 12.3. The topological polar surface area (TPSA) is 69.9 Å². The summed E-state index contributed by atoms with van der Waals surface area (Å²) in [5.41, 5.74) is 2.65. The molecule has 0 amide bonds. The molecule has 0 unspecified atom stereocenters. The fraction of sp³-hybridized carbons (Fsp3) is 0.714. The molecule has 4 aliphatic rings. The van der Waals surface area contributed by atoms with Crippen LogP contribution in [0.4, 0.5) is 0 Å². The molecule has 32 heavy (non-hydrogen) atoms. The van der Waals surface area contributed by atoms with Crippen molar-refractivity contribution >= 4 is 0 Å². The van der Waals surface area contributed by atoms with E-state index in [0.29, 0.717) is 31.3 Å². The first-order chi connectivity index (χ1) is 14.8. The zero-order valence-electron chi connectivity index (χ0n) is 20.7. The first-order valence-corrected chi connectivity index (χ1v) is 12.3. The maximum Gasteiger partial charge on any atom is 0.0845 e. The zero-order chi connectivity index (χ0) is 23.5. The molecule has 3 N–H and O–H groups in total. The van der Waals surface area contributed by atoms with E-state index in [4.69, 9.17) is 4.74 Å². The van der Waals surface area contributed by atoms with Gasteiger partial charge in [-0.05, 0) is 76.2 Å². The second kappa shape index (κ2) is 7.94. The van der Waals surface area contributed by atoms with Crippen LogP contribution in [0.15, 0.2) is 47.1 Å². The van der Waals surface area contributed by atoms with Crippen molar-refractivity contribution in [3.05, 3.63) is 47.1 Å². The van der Waals surface area contributed by atoms with Gasteiger partial charge in [-0.1, -0.05) is 55.4 Å². The molecule has 0 saturated heterocycles. The Hall–Kier alpha value is -1.20. The Kier molecular flexibility index (Phi) is 5.94. The van der Waals surface area contributed by atoms with Crippen LogP contribution in [-0.2, 0) is 4.74 Å². The SMILES string of the molecule is CC(C)(O)/C=C\COC(C)(C)C1=CC[C@H]2C3=CC=C4C[C@@H](O)C[C@H](O)[C@]4(C)[C@H]3CC[C@]12C. The lowest BCUT2D eigenvalue weighted by Gasteiger charge is -2.56. The van der Waals surface area contributed by atoms with Crippen LogP contribution in [0, 0.1) is 22.7 Å². The van der Waals surface area contributed by atoms with Crippen LogP contribution >= 0.6 is 0 Å². The Labute approximate surface area is 193 Å². The number of rotatable bonds is 5. The van der Waals surface area contributed by atoms with Crippen LogP contribution in [0.25, 0.3) is 0 Å². The van der Waals surface area contributed by atoms with Crippen LogP contribution in [0.1, 0.15) is 73.6 Å². The summed E-state index contributed by atoms with van der Waals surface area (Å²) in [6.45, 7) is 12.9. The van der Waals surface area contributed by atoms with Crippen molar-refractivity contribution in [1.82, 2.24) is 0 Å². The molecule has 0 aliphatic heterocycles. The van der Waals surface area contributed by atoms with Crippen molar-refractivity contribution in [2.75, 3.05) is 6.61 Å². The summed E-state index contributed by atoms with van der Waals surface area (Å²) in [5.74, 6) is 0.772. The minimum Gasteiger partial charge on any atom is -0.393 e. The zero-order valence-corrected chi connectivity index (χ0v) is 20.7. The van der Waals surface area contributed by atoms with E-state index in [-0.39, 0.29) is 16.4 Å². The van der Waals surface area contributed by atoms with Crippen LogP contribution in [0.5, 0.6) is 0 Å². The average molecular weight is 443 g/mol. The molecule has 0 heterocycles. The Balaban J connectivity index is 1.56. The Morgan fingerprint density at radius 3 is 2.53 bits per heavy atom. The molecule has 0 spiro atoms. The summed E-state index contributed by atoms with van der Waals surface area (Å²) in [5, 5.41) is 31.2. The lowest BCUT2D eigenvalue weighted by atomic mass is 9.49. The number of allylic oxidation sites excluding steroid dienone is 4. The van der Waals surface area contributed by atoms with E-state index in [9.17, 15) is 15.3 Å². The highest BCUT2D eigenvalue weighted by Gasteiger charge is 2.58. The third-order valence-corrected chi connectivity index (χ3v) is 8.95. The largest absolute Gasteiger partial charge is 0.393 e. The standard InChI is InChI=1S/C28H42O4/c1-25(2,31)13-7-15-32-26(3,4)23-11-10-21-20-9-8-18-16-19(29)17-24(30)28(18,6)22(20)12-14-27(21,23)5/h7-9,11,13,19,21-22,24,29-31H,10,12,14-17H2,1-6H3/b13-7-/t19-,21+,22+,24+,27+,28+/m1/s1. The Bertz CT molecular complexity index is 870. The molecule has 0 bridgehead atoms. The van der Waals surface area contributed by atoms with Crippen molar-refractivity contribution in [3.8, 4) is 0 Å². The molecule has 2 fully saturated rings. The van der Waals surface area contributed by atoms with Gasteiger partial charge in [-0.2, -0.15) is 0 Å². The van der Waals surface area contributed by atoms with Crippen molar-refractivity contribution in [2.24, 2.45) is 22.7 Å². The summed E-state index contributed by atoms with van der Waals surface area (Å²) in [4.78, 5) is 0. The average Bonchev–Trinajstić information content (AvgIpc) is 3.04. The molecular weight excluding hydrogens is 400 g/mol. The first kappa shape index (κ1) is 23.9.